The van der Waals surface area contributed by atoms with Gasteiger partial charge in [-0.25, -0.2) is 4.98 Å². The molecule has 6 nitrogen and oxygen atoms in total. The van der Waals surface area contributed by atoms with E-state index in [4.69, 9.17) is 4.42 Å². The molecule has 4 rings (SSSR count). The van der Waals surface area contributed by atoms with Crippen molar-refractivity contribution in [1.29, 1.82) is 0 Å². The van der Waals surface area contributed by atoms with Crippen LogP contribution in [0, 0.1) is 0 Å². The highest BCUT2D eigenvalue weighted by Crippen LogP contribution is 2.35. The van der Waals surface area contributed by atoms with E-state index in [0.29, 0.717) is 18.2 Å². The Morgan fingerprint density at radius 1 is 1.15 bits per heavy atom. The van der Waals surface area contributed by atoms with Crippen LogP contribution in [-0.4, -0.2) is 22.6 Å². The SMILES string of the molecule is O=C(NCc1ccccc1)c1coc(CN2C(=O)CSc3ccccc32)n1. The zero-order chi connectivity index (χ0) is 18.6. The molecule has 0 aliphatic carbocycles. The fourth-order valence-corrected chi connectivity index (χ4v) is 3.75. The summed E-state index contributed by atoms with van der Waals surface area (Å²) in [5, 5.41) is 2.81. The van der Waals surface area contributed by atoms with Gasteiger partial charge in [0.05, 0.1) is 11.4 Å². The number of carbonyl (C=O) groups is 2. The molecule has 0 saturated carbocycles. The van der Waals surface area contributed by atoms with Crippen molar-refractivity contribution >= 4 is 29.3 Å². The van der Waals surface area contributed by atoms with Gasteiger partial charge in [-0.1, -0.05) is 42.5 Å². The third kappa shape index (κ3) is 3.88. The molecule has 0 saturated heterocycles. The van der Waals surface area contributed by atoms with Gasteiger partial charge in [0, 0.05) is 11.4 Å². The summed E-state index contributed by atoms with van der Waals surface area (Å²) in [5.41, 5.74) is 2.04. The summed E-state index contributed by atoms with van der Waals surface area (Å²) >= 11 is 1.52. The van der Waals surface area contributed by atoms with Gasteiger partial charge in [-0.2, -0.15) is 0 Å². The topological polar surface area (TPSA) is 75.4 Å². The van der Waals surface area contributed by atoms with Gasteiger partial charge in [0.15, 0.2) is 5.69 Å². The monoisotopic (exact) mass is 379 g/mol. The molecule has 136 valence electrons. The van der Waals surface area contributed by atoms with Crippen molar-refractivity contribution in [3.05, 3.63) is 78.0 Å². The summed E-state index contributed by atoms with van der Waals surface area (Å²) in [6.07, 6.45) is 1.32. The van der Waals surface area contributed by atoms with E-state index in [9.17, 15) is 9.59 Å². The summed E-state index contributed by atoms with van der Waals surface area (Å²) in [7, 11) is 0. The second-order valence-corrected chi connectivity index (χ2v) is 7.05. The molecular formula is C20H17N3O3S. The maximum atomic E-state index is 12.3. The molecule has 0 spiro atoms. The highest BCUT2D eigenvalue weighted by Gasteiger charge is 2.26. The summed E-state index contributed by atoms with van der Waals surface area (Å²) in [4.78, 5) is 31.5. The third-order valence-corrected chi connectivity index (χ3v) is 5.23. The summed E-state index contributed by atoms with van der Waals surface area (Å²) < 4.78 is 5.43. The van der Waals surface area contributed by atoms with E-state index in [1.165, 1.54) is 18.0 Å². The van der Waals surface area contributed by atoms with Crippen LogP contribution in [0.3, 0.4) is 0 Å². The Hall–Kier alpha value is -3.06. The number of rotatable bonds is 5. The largest absolute Gasteiger partial charge is 0.446 e. The number of hydrogen-bond acceptors (Lipinski definition) is 5. The zero-order valence-corrected chi connectivity index (χ0v) is 15.2. The second kappa shape index (κ2) is 7.67. The fourth-order valence-electron chi connectivity index (χ4n) is 2.82. The summed E-state index contributed by atoms with van der Waals surface area (Å²) in [5.74, 6) is 0.388. The normalized spacial score (nSPS) is 13.3. The van der Waals surface area contributed by atoms with Gasteiger partial charge < -0.3 is 14.6 Å². The highest BCUT2D eigenvalue weighted by atomic mass is 32.2. The number of anilines is 1. The zero-order valence-electron chi connectivity index (χ0n) is 14.4. The predicted octanol–water partition coefficient (Wildman–Crippen LogP) is 3.24. The number of oxazole rings is 1. The average molecular weight is 379 g/mol. The molecule has 1 aliphatic heterocycles. The van der Waals surface area contributed by atoms with Crippen LogP contribution in [0.25, 0.3) is 0 Å². The first kappa shape index (κ1) is 17.4. The molecule has 27 heavy (non-hydrogen) atoms. The number of thioether (sulfide) groups is 1. The Morgan fingerprint density at radius 2 is 1.93 bits per heavy atom. The average Bonchev–Trinajstić information content (AvgIpc) is 3.18. The number of hydrogen-bond donors (Lipinski definition) is 1. The Kier molecular flexibility index (Phi) is 4.93. The van der Waals surface area contributed by atoms with E-state index in [2.05, 4.69) is 10.3 Å². The van der Waals surface area contributed by atoms with E-state index >= 15 is 0 Å². The molecule has 2 amide bonds. The van der Waals surface area contributed by atoms with Crippen LogP contribution < -0.4 is 10.2 Å². The first-order valence-electron chi connectivity index (χ1n) is 8.49. The van der Waals surface area contributed by atoms with Gasteiger partial charge in [-0.15, -0.1) is 11.8 Å². The first-order chi connectivity index (χ1) is 13.2. The predicted molar refractivity (Wildman–Crippen MR) is 102 cm³/mol. The first-order valence-corrected chi connectivity index (χ1v) is 9.48. The smallest absolute Gasteiger partial charge is 0.273 e. The van der Waals surface area contributed by atoms with Crippen LogP contribution in [0.2, 0.25) is 0 Å². The molecule has 0 atom stereocenters. The molecule has 3 aromatic rings. The molecule has 1 aromatic heterocycles. The van der Waals surface area contributed by atoms with Crippen molar-refractivity contribution in [1.82, 2.24) is 10.3 Å². The lowest BCUT2D eigenvalue weighted by Crippen LogP contribution is -2.34. The van der Waals surface area contributed by atoms with Crippen LogP contribution >= 0.6 is 11.8 Å². The standard InChI is InChI=1S/C20H17N3O3S/c24-19-13-27-17-9-5-4-8-16(17)23(19)11-18-22-15(12-26-18)20(25)21-10-14-6-2-1-3-7-14/h1-9,12H,10-11,13H2,(H,21,25). The van der Waals surface area contributed by atoms with Crippen LogP contribution in [0.5, 0.6) is 0 Å². The van der Waals surface area contributed by atoms with Crippen LogP contribution in [0.4, 0.5) is 5.69 Å². The highest BCUT2D eigenvalue weighted by molar-refractivity contribution is 8.00. The minimum atomic E-state index is -0.310. The number of para-hydroxylation sites is 1. The van der Waals surface area contributed by atoms with Gasteiger partial charge in [0.2, 0.25) is 11.8 Å². The number of carbonyl (C=O) groups excluding carboxylic acids is 2. The van der Waals surface area contributed by atoms with E-state index in [1.807, 2.05) is 54.6 Å². The number of benzene rings is 2. The molecule has 2 aromatic carbocycles. The van der Waals surface area contributed by atoms with Crippen molar-refractivity contribution < 1.29 is 14.0 Å². The van der Waals surface area contributed by atoms with Gasteiger partial charge in [0.1, 0.15) is 12.8 Å². The lowest BCUT2D eigenvalue weighted by Gasteiger charge is -2.27. The van der Waals surface area contributed by atoms with Gasteiger partial charge >= 0.3 is 0 Å². The number of nitrogens with zero attached hydrogens (tertiary/aromatic N) is 2. The minimum absolute atomic E-state index is 0.00743. The molecule has 0 unspecified atom stereocenters. The number of amides is 2. The lowest BCUT2D eigenvalue weighted by molar-refractivity contribution is -0.116. The Bertz CT molecular complexity index is 971. The Morgan fingerprint density at radius 3 is 2.78 bits per heavy atom. The summed E-state index contributed by atoms with van der Waals surface area (Å²) in [6.45, 7) is 0.611. The maximum Gasteiger partial charge on any atom is 0.273 e. The van der Waals surface area contributed by atoms with Crippen molar-refractivity contribution in [2.75, 3.05) is 10.7 Å². The van der Waals surface area contributed by atoms with Crippen molar-refractivity contribution in [3.63, 3.8) is 0 Å². The van der Waals surface area contributed by atoms with Crippen molar-refractivity contribution in [2.24, 2.45) is 0 Å². The van der Waals surface area contributed by atoms with Gasteiger partial charge in [-0.05, 0) is 17.7 Å². The maximum absolute atomic E-state index is 12.3. The van der Waals surface area contributed by atoms with Gasteiger partial charge in [-0.3, -0.25) is 9.59 Å². The van der Waals surface area contributed by atoms with Crippen LogP contribution in [-0.2, 0) is 17.9 Å². The third-order valence-electron chi connectivity index (χ3n) is 4.18. The molecule has 1 N–H and O–H groups in total. The van der Waals surface area contributed by atoms with Gasteiger partial charge in [0.25, 0.3) is 5.91 Å². The van der Waals surface area contributed by atoms with Crippen molar-refractivity contribution in [2.45, 2.75) is 18.0 Å². The number of aromatic nitrogens is 1. The van der Waals surface area contributed by atoms with E-state index in [-0.39, 0.29) is 24.1 Å². The minimum Gasteiger partial charge on any atom is -0.446 e. The Balaban J connectivity index is 1.44. The van der Waals surface area contributed by atoms with E-state index in [0.717, 1.165) is 16.1 Å². The molecule has 7 heteroatoms. The van der Waals surface area contributed by atoms with E-state index in [1.54, 1.807) is 4.90 Å². The Labute approximate surface area is 160 Å². The fraction of sp³-hybridized carbons (Fsp3) is 0.150. The quantitative estimate of drug-likeness (QED) is 0.737. The lowest BCUT2D eigenvalue weighted by atomic mass is 10.2. The van der Waals surface area contributed by atoms with E-state index < -0.39 is 0 Å². The molecule has 0 fully saturated rings. The molecule has 2 heterocycles. The molecule has 1 aliphatic rings. The van der Waals surface area contributed by atoms with Crippen LogP contribution in [0.15, 0.2) is 70.2 Å². The van der Waals surface area contributed by atoms with Crippen LogP contribution in [0.1, 0.15) is 21.9 Å². The molecule has 0 bridgehead atoms. The molecular weight excluding hydrogens is 362 g/mol. The summed E-state index contributed by atoms with van der Waals surface area (Å²) in [6, 6.07) is 17.4. The molecule has 0 radical (unpaired) electrons. The number of nitrogens with one attached hydrogen (secondary N) is 1. The second-order valence-electron chi connectivity index (χ2n) is 6.03. The van der Waals surface area contributed by atoms with Crippen molar-refractivity contribution in [3.8, 4) is 0 Å². The number of fused-ring (bicyclic) bond motifs is 1.